The van der Waals surface area contributed by atoms with Gasteiger partial charge in [-0.15, -0.1) is 0 Å². The van der Waals surface area contributed by atoms with Crippen molar-refractivity contribution in [3.8, 4) is 0 Å². The second-order valence-corrected chi connectivity index (χ2v) is 10.2. The molecule has 194 valence electrons. The predicted molar refractivity (Wildman–Crippen MR) is 138 cm³/mol. The highest BCUT2D eigenvalue weighted by molar-refractivity contribution is 6.00. The van der Waals surface area contributed by atoms with Gasteiger partial charge in [0.05, 0.1) is 0 Å². The van der Waals surface area contributed by atoms with Crippen molar-refractivity contribution in [3.63, 3.8) is 0 Å². The van der Waals surface area contributed by atoms with Crippen molar-refractivity contribution < 1.29 is 14.4 Å². The molecule has 2 aliphatic heterocycles. The minimum atomic E-state index is -0.719. The summed E-state index contributed by atoms with van der Waals surface area (Å²) in [6, 6.07) is 9.92. The Morgan fingerprint density at radius 1 is 1.11 bits per heavy atom. The molecule has 1 aromatic rings. The van der Waals surface area contributed by atoms with E-state index in [1.165, 1.54) is 5.56 Å². The summed E-state index contributed by atoms with van der Waals surface area (Å²) in [6.45, 7) is 9.67. The summed E-state index contributed by atoms with van der Waals surface area (Å²) in [5.41, 5.74) is 0.605. The lowest BCUT2D eigenvalue weighted by molar-refractivity contribution is -0.161. The van der Waals surface area contributed by atoms with Gasteiger partial charge in [0.1, 0.15) is 11.6 Å². The number of hydrogen-bond acceptors (Lipinski definition) is 4. The molecule has 0 radical (unpaired) electrons. The van der Waals surface area contributed by atoms with Crippen LogP contribution in [0, 0.1) is 0 Å². The Balaban J connectivity index is 1.50. The topological polar surface area (TPSA) is 93.8 Å². The summed E-state index contributed by atoms with van der Waals surface area (Å²) >= 11 is 0. The molecule has 8 heteroatoms. The molecule has 0 saturated carbocycles. The third kappa shape index (κ3) is 7.19. The van der Waals surface area contributed by atoms with Crippen LogP contribution in [-0.2, 0) is 16.0 Å². The number of unbranched alkanes of at least 4 members (excludes halogenated alkanes) is 1. The maximum absolute atomic E-state index is 13.4. The van der Waals surface area contributed by atoms with Gasteiger partial charge in [0, 0.05) is 38.8 Å². The van der Waals surface area contributed by atoms with Crippen LogP contribution in [0.2, 0.25) is 0 Å². The van der Waals surface area contributed by atoms with Crippen LogP contribution in [0.25, 0.3) is 0 Å². The molecule has 1 aromatic carbocycles. The fourth-order valence-corrected chi connectivity index (χ4v) is 5.18. The first-order valence-electron chi connectivity index (χ1n) is 13.3. The molecular formula is C27H43N5O3. The Kier molecular flexibility index (Phi) is 9.95. The molecule has 1 spiro atoms. The molecule has 0 aliphatic carbocycles. The Bertz CT molecular complexity index is 836. The van der Waals surface area contributed by atoms with Crippen molar-refractivity contribution in [3.05, 3.63) is 35.9 Å². The number of benzene rings is 1. The fourth-order valence-electron chi connectivity index (χ4n) is 5.18. The third-order valence-corrected chi connectivity index (χ3v) is 7.12. The average molecular weight is 486 g/mol. The van der Waals surface area contributed by atoms with E-state index in [0.717, 1.165) is 45.3 Å². The van der Waals surface area contributed by atoms with Gasteiger partial charge in [0.15, 0.2) is 0 Å². The number of piperazine rings is 1. The number of urea groups is 1. The second kappa shape index (κ2) is 12.9. The quantitative estimate of drug-likeness (QED) is 0.420. The highest BCUT2D eigenvalue weighted by Gasteiger charge is 2.52. The van der Waals surface area contributed by atoms with Crippen LogP contribution in [-0.4, -0.2) is 78.0 Å². The van der Waals surface area contributed by atoms with E-state index < -0.39 is 11.6 Å². The van der Waals surface area contributed by atoms with Crippen molar-refractivity contribution in [2.45, 2.75) is 83.3 Å². The SMILES string of the molecule is CCCN1C(=O)[C@H](CCCCNC(=O)NC(C)C)NC(=O)C12CCN(CCc1ccccc1)CC2. The van der Waals surface area contributed by atoms with Gasteiger partial charge < -0.3 is 25.8 Å². The lowest BCUT2D eigenvalue weighted by Gasteiger charge is -2.51. The molecule has 0 bridgehead atoms. The molecule has 0 aromatic heterocycles. The van der Waals surface area contributed by atoms with Gasteiger partial charge >= 0.3 is 6.03 Å². The van der Waals surface area contributed by atoms with E-state index >= 15 is 0 Å². The number of hydrogen-bond donors (Lipinski definition) is 3. The monoisotopic (exact) mass is 485 g/mol. The van der Waals surface area contributed by atoms with E-state index in [1.54, 1.807) is 0 Å². The van der Waals surface area contributed by atoms with E-state index in [9.17, 15) is 14.4 Å². The zero-order valence-electron chi connectivity index (χ0n) is 21.6. The Morgan fingerprint density at radius 3 is 2.49 bits per heavy atom. The summed E-state index contributed by atoms with van der Waals surface area (Å²) in [7, 11) is 0. The van der Waals surface area contributed by atoms with Crippen molar-refractivity contribution in [1.82, 2.24) is 25.8 Å². The van der Waals surface area contributed by atoms with Gasteiger partial charge in [-0.05, 0) is 64.4 Å². The molecule has 2 heterocycles. The summed E-state index contributed by atoms with van der Waals surface area (Å²) in [6.07, 6.45) is 5.31. The molecule has 3 rings (SSSR count). The van der Waals surface area contributed by atoms with E-state index in [0.29, 0.717) is 32.4 Å². The summed E-state index contributed by atoms with van der Waals surface area (Å²) in [5.74, 6) is 0.0578. The molecule has 2 aliphatic rings. The Hall–Kier alpha value is -2.61. The number of likely N-dealkylation sites (tertiary alicyclic amines) is 1. The lowest BCUT2D eigenvalue weighted by atomic mass is 9.81. The summed E-state index contributed by atoms with van der Waals surface area (Å²) < 4.78 is 0. The highest BCUT2D eigenvalue weighted by atomic mass is 16.2. The predicted octanol–water partition coefficient (Wildman–Crippen LogP) is 2.68. The van der Waals surface area contributed by atoms with Crippen LogP contribution in [0.5, 0.6) is 0 Å². The zero-order chi connectivity index (χ0) is 25.3. The number of rotatable bonds is 11. The first kappa shape index (κ1) is 27.0. The van der Waals surface area contributed by atoms with Crippen LogP contribution in [0.3, 0.4) is 0 Å². The molecule has 0 unspecified atom stereocenters. The maximum Gasteiger partial charge on any atom is 0.314 e. The van der Waals surface area contributed by atoms with Gasteiger partial charge in [-0.25, -0.2) is 4.79 Å². The number of carbonyl (C=O) groups is 3. The molecule has 1 atom stereocenters. The molecule has 35 heavy (non-hydrogen) atoms. The van der Waals surface area contributed by atoms with Crippen molar-refractivity contribution in [2.75, 3.05) is 32.7 Å². The van der Waals surface area contributed by atoms with Gasteiger partial charge in [-0.3, -0.25) is 9.59 Å². The van der Waals surface area contributed by atoms with Crippen molar-refractivity contribution >= 4 is 17.8 Å². The highest BCUT2D eigenvalue weighted by Crippen LogP contribution is 2.34. The van der Waals surface area contributed by atoms with Crippen LogP contribution in [0.1, 0.15) is 64.9 Å². The second-order valence-electron chi connectivity index (χ2n) is 10.2. The number of nitrogens with zero attached hydrogens (tertiary/aromatic N) is 2. The normalized spacial score (nSPS) is 20.2. The van der Waals surface area contributed by atoms with Gasteiger partial charge in [0.25, 0.3) is 0 Å². The van der Waals surface area contributed by atoms with E-state index in [1.807, 2.05) is 24.8 Å². The molecule has 3 N–H and O–H groups in total. The van der Waals surface area contributed by atoms with E-state index in [-0.39, 0.29) is 23.9 Å². The maximum atomic E-state index is 13.4. The minimum absolute atomic E-state index is 0.00713. The van der Waals surface area contributed by atoms with Crippen molar-refractivity contribution in [1.29, 1.82) is 0 Å². The van der Waals surface area contributed by atoms with E-state index in [4.69, 9.17) is 0 Å². The first-order chi connectivity index (χ1) is 16.9. The van der Waals surface area contributed by atoms with Gasteiger partial charge in [-0.1, -0.05) is 37.3 Å². The first-order valence-corrected chi connectivity index (χ1v) is 13.3. The Labute approximate surface area is 210 Å². The molecule has 4 amide bonds. The zero-order valence-corrected chi connectivity index (χ0v) is 21.6. The largest absolute Gasteiger partial charge is 0.342 e. The standard InChI is InChI=1S/C27H43N5O3/c1-4-17-32-24(33)23(12-8-9-16-28-26(35)29-21(2)3)30-25(34)27(32)14-19-31(20-15-27)18-13-22-10-6-5-7-11-22/h5-7,10-11,21,23H,4,8-9,12-20H2,1-3H3,(H,30,34)(H2,28,29,35)/t23-/m0/s1. The molecular weight excluding hydrogens is 442 g/mol. The molecule has 2 fully saturated rings. The summed E-state index contributed by atoms with van der Waals surface area (Å²) in [5, 5.41) is 8.70. The number of amides is 4. The minimum Gasteiger partial charge on any atom is -0.342 e. The average Bonchev–Trinajstić information content (AvgIpc) is 2.84. The van der Waals surface area contributed by atoms with Crippen molar-refractivity contribution in [2.24, 2.45) is 0 Å². The Morgan fingerprint density at radius 2 is 1.83 bits per heavy atom. The van der Waals surface area contributed by atoms with E-state index in [2.05, 4.69) is 52.0 Å². The van der Waals surface area contributed by atoms with Gasteiger partial charge in [0.2, 0.25) is 11.8 Å². The number of carbonyl (C=O) groups excluding carboxylic acids is 3. The summed E-state index contributed by atoms with van der Waals surface area (Å²) in [4.78, 5) is 42.8. The number of nitrogens with one attached hydrogen (secondary N) is 3. The smallest absolute Gasteiger partial charge is 0.314 e. The molecule has 2 saturated heterocycles. The number of piperidine rings is 1. The van der Waals surface area contributed by atoms with Gasteiger partial charge in [-0.2, -0.15) is 0 Å². The third-order valence-electron chi connectivity index (χ3n) is 7.12. The lowest BCUT2D eigenvalue weighted by Crippen LogP contribution is -2.72. The van der Waals surface area contributed by atoms with Crippen LogP contribution >= 0.6 is 0 Å². The van der Waals surface area contributed by atoms with Crippen LogP contribution < -0.4 is 16.0 Å². The molecule has 8 nitrogen and oxygen atoms in total. The fraction of sp³-hybridized carbons (Fsp3) is 0.667. The van der Waals surface area contributed by atoms with Crippen LogP contribution in [0.15, 0.2) is 30.3 Å². The van der Waals surface area contributed by atoms with Crippen LogP contribution in [0.4, 0.5) is 4.79 Å².